The highest BCUT2D eigenvalue weighted by Crippen LogP contribution is 2.18. The number of anilines is 3. The van der Waals surface area contributed by atoms with Gasteiger partial charge in [-0.25, -0.2) is 0 Å². The second-order valence-corrected chi connectivity index (χ2v) is 6.71. The lowest BCUT2D eigenvalue weighted by Gasteiger charge is -2.21. The lowest BCUT2D eigenvalue weighted by molar-refractivity contribution is 0.102. The lowest BCUT2D eigenvalue weighted by atomic mass is 10.1. The van der Waals surface area contributed by atoms with E-state index in [0.717, 1.165) is 43.1 Å². The zero-order chi connectivity index (χ0) is 18.9. The van der Waals surface area contributed by atoms with Crippen molar-refractivity contribution in [1.29, 1.82) is 0 Å². The van der Waals surface area contributed by atoms with Crippen molar-refractivity contribution in [1.82, 2.24) is 4.98 Å². The minimum atomic E-state index is -0.201. The number of carbonyl (C=O) groups excluding carboxylic acids is 1. The van der Waals surface area contributed by atoms with E-state index in [2.05, 4.69) is 48.2 Å². The van der Waals surface area contributed by atoms with Crippen LogP contribution in [-0.4, -0.2) is 30.5 Å². The first-order valence-electron chi connectivity index (χ1n) is 9.39. The van der Waals surface area contributed by atoms with Crippen molar-refractivity contribution in [2.75, 3.05) is 35.2 Å². The number of carbonyl (C=O) groups is 1. The summed E-state index contributed by atoms with van der Waals surface area (Å²) in [5.74, 6) is 0.444. The summed E-state index contributed by atoms with van der Waals surface area (Å²) in [7, 11) is 0. The van der Waals surface area contributed by atoms with Gasteiger partial charge in [0.15, 0.2) is 0 Å². The summed E-state index contributed by atoms with van der Waals surface area (Å²) in [4.78, 5) is 18.9. The van der Waals surface area contributed by atoms with Crippen LogP contribution in [0.2, 0.25) is 0 Å². The fourth-order valence-corrected chi connectivity index (χ4v) is 2.71. The van der Waals surface area contributed by atoms with Gasteiger partial charge in [-0.1, -0.05) is 13.8 Å². The Labute approximate surface area is 156 Å². The molecule has 0 radical (unpaired) electrons. The highest BCUT2D eigenvalue weighted by atomic mass is 16.1. The highest BCUT2D eigenvalue weighted by Gasteiger charge is 2.09. The Hall–Kier alpha value is -2.56. The van der Waals surface area contributed by atoms with Gasteiger partial charge in [-0.05, 0) is 62.6 Å². The Balaban J connectivity index is 1.99. The summed E-state index contributed by atoms with van der Waals surface area (Å²) in [6.45, 7) is 11.5. The normalized spacial score (nSPS) is 10.7. The number of hydrogen-bond acceptors (Lipinski definition) is 4. The van der Waals surface area contributed by atoms with Gasteiger partial charge in [0.1, 0.15) is 5.69 Å². The van der Waals surface area contributed by atoms with Gasteiger partial charge in [-0.3, -0.25) is 9.78 Å². The van der Waals surface area contributed by atoms with Crippen LogP contribution in [0.3, 0.4) is 0 Å². The molecule has 0 bridgehead atoms. The molecule has 0 aliphatic heterocycles. The van der Waals surface area contributed by atoms with Gasteiger partial charge in [0.2, 0.25) is 0 Å². The molecule has 140 valence electrons. The van der Waals surface area contributed by atoms with E-state index in [1.807, 2.05) is 30.3 Å². The van der Waals surface area contributed by atoms with Gasteiger partial charge >= 0.3 is 0 Å². The Morgan fingerprint density at radius 3 is 2.38 bits per heavy atom. The molecule has 0 spiro atoms. The van der Waals surface area contributed by atoms with E-state index in [-0.39, 0.29) is 5.91 Å². The van der Waals surface area contributed by atoms with Crippen molar-refractivity contribution in [3.8, 4) is 0 Å². The number of nitrogens with one attached hydrogen (secondary N) is 2. The van der Waals surface area contributed by atoms with Crippen LogP contribution in [0, 0.1) is 5.92 Å². The van der Waals surface area contributed by atoms with Crippen LogP contribution < -0.4 is 15.5 Å². The van der Waals surface area contributed by atoms with Crippen LogP contribution in [0.1, 0.15) is 44.6 Å². The predicted molar refractivity (Wildman–Crippen MR) is 110 cm³/mol. The van der Waals surface area contributed by atoms with Crippen molar-refractivity contribution in [3.05, 3.63) is 48.3 Å². The Morgan fingerprint density at radius 1 is 1.08 bits per heavy atom. The topological polar surface area (TPSA) is 57.3 Å². The zero-order valence-corrected chi connectivity index (χ0v) is 16.2. The van der Waals surface area contributed by atoms with Crippen molar-refractivity contribution in [2.45, 2.75) is 34.1 Å². The van der Waals surface area contributed by atoms with E-state index >= 15 is 0 Å². The minimum absolute atomic E-state index is 0.201. The molecule has 5 heteroatoms. The number of benzene rings is 1. The first-order chi connectivity index (χ1) is 12.5. The van der Waals surface area contributed by atoms with Gasteiger partial charge in [0.05, 0.1) is 0 Å². The van der Waals surface area contributed by atoms with Crippen LogP contribution in [0.4, 0.5) is 17.1 Å². The SMILES string of the molecule is CCN(CC)c1ccc(NC(=O)c2cc(NCCC(C)C)ccn2)cc1. The van der Waals surface area contributed by atoms with Crippen LogP contribution >= 0.6 is 0 Å². The Kier molecular flexibility index (Phi) is 7.45. The first-order valence-corrected chi connectivity index (χ1v) is 9.39. The van der Waals surface area contributed by atoms with E-state index in [1.165, 1.54) is 0 Å². The molecule has 0 atom stereocenters. The first kappa shape index (κ1) is 19.8. The van der Waals surface area contributed by atoms with Gasteiger partial charge in [0.25, 0.3) is 5.91 Å². The number of aromatic nitrogens is 1. The van der Waals surface area contributed by atoms with Crippen molar-refractivity contribution >= 4 is 23.0 Å². The van der Waals surface area contributed by atoms with Gasteiger partial charge < -0.3 is 15.5 Å². The van der Waals surface area contributed by atoms with Gasteiger partial charge in [-0.15, -0.1) is 0 Å². The number of hydrogen-bond donors (Lipinski definition) is 2. The van der Waals surface area contributed by atoms with Crippen molar-refractivity contribution in [3.63, 3.8) is 0 Å². The summed E-state index contributed by atoms with van der Waals surface area (Å²) >= 11 is 0. The van der Waals surface area contributed by atoms with E-state index in [4.69, 9.17) is 0 Å². The fraction of sp³-hybridized carbons (Fsp3) is 0.429. The third kappa shape index (κ3) is 5.76. The van der Waals surface area contributed by atoms with E-state index in [9.17, 15) is 4.79 Å². The van der Waals surface area contributed by atoms with E-state index < -0.39 is 0 Å². The van der Waals surface area contributed by atoms with Crippen LogP contribution in [0.25, 0.3) is 0 Å². The van der Waals surface area contributed by atoms with Crippen LogP contribution in [0.5, 0.6) is 0 Å². The Bertz CT molecular complexity index is 693. The molecule has 26 heavy (non-hydrogen) atoms. The molecule has 0 aliphatic carbocycles. The third-order valence-electron chi connectivity index (χ3n) is 4.30. The lowest BCUT2D eigenvalue weighted by Crippen LogP contribution is -2.21. The summed E-state index contributed by atoms with van der Waals surface area (Å²) in [6.07, 6.45) is 2.75. The van der Waals surface area contributed by atoms with E-state index in [0.29, 0.717) is 11.6 Å². The molecule has 2 aromatic rings. The van der Waals surface area contributed by atoms with Gasteiger partial charge in [0, 0.05) is 42.9 Å². The highest BCUT2D eigenvalue weighted by molar-refractivity contribution is 6.03. The molecule has 1 heterocycles. The van der Waals surface area contributed by atoms with Crippen molar-refractivity contribution < 1.29 is 4.79 Å². The quantitative estimate of drug-likeness (QED) is 0.689. The smallest absolute Gasteiger partial charge is 0.274 e. The minimum Gasteiger partial charge on any atom is -0.385 e. The molecule has 2 N–H and O–H groups in total. The molecule has 0 saturated heterocycles. The molecule has 1 aromatic carbocycles. The van der Waals surface area contributed by atoms with Crippen molar-refractivity contribution in [2.24, 2.45) is 5.92 Å². The molecule has 2 rings (SSSR count). The molecule has 0 unspecified atom stereocenters. The maximum absolute atomic E-state index is 12.5. The summed E-state index contributed by atoms with van der Waals surface area (Å²) in [6, 6.07) is 11.6. The number of rotatable bonds is 9. The monoisotopic (exact) mass is 354 g/mol. The molecule has 0 aliphatic rings. The molecule has 0 fully saturated rings. The molecule has 5 nitrogen and oxygen atoms in total. The van der Waals surface area contributed by atoms with Crippen LogP contribution in [0.15, 0.2) is 42.6 Å². The zero-order valence-electron chi connectivity index (χ0n) is 16.2. The maximum Gasteiger partial charge on any atom is 0.274 e. The van der Waals surface area contributed by atoms with E-state index in [1.54, 1.807) is 12.3 Å². The second-order valence-electron chi connectivity index (χ2n) is 6.71. The molecule has 1 aromatic heterocycles. The Morgan fingerprint density at radius 2 is 1.77 bits per heavy atom. The largest absolute Gasteiger partial charge is 0.385 e. The maximum atomic E-state index is 12.5. The second kappa shape index (κ2) is 9.80. The average Bonchev–Trinajstić information content (AvgIpc) is 2.64. The molecular weight excluding hydrogens is 324 g/mol. The third-order valence-corrected chi connectivity index (χ3v) is 4.30. The molecular formula is C21H30N4O. The molecule has 1 amide bonds. The molecule has 0 saturated carbocycles. The predicted octanol–water partition coefficient (Wildman–Crippen LogP) is 4.64. The number of pyridine rings is 1. The van der Waals surface area contributed by atoms with Crippen LogP contribution in [-0.2, 0) is 0 Å². The summed E-state index contributed by atoms with van der Waals surface area (Å²) in [5.41, 5.74) is 3.25. The fourth-order valence-electron chi connectivity index (χ4n) is 2.71. The average molecular weight is 354 g/mol. The number of amides is 1. The summed E-state index contributed by atoms with van der Waals surface area (Å²) in [5, 5.41) is 6.26. The standard InChI is InChI=1S/C21H30N4O/c1-5-25(6-2)19-9-7-17(8-10-19)24-21(26)20-15-18(12-14-23-20)22-13-11-16(3)4/h7-10,12,14-16H,5-6,11,13H2,1-4H3,(H,22,23)(H,24,26). The summed E-state index contributed by atoms with van der Waals surface area (Å²) < 4.78 is 0. The number of nitrogens with zero attached hydrogens (tertiary/aromatic N) is 2. The van der Waals surface area contributed by atoms with Gasteiger partial charge in [-0.2, -0.15) is 0 Å².